The number of carbonyl (C=O) groups excluding carboxylic acids is 1. The normalized spacial score (nSPS) is 17.0. The molecule has 9 nitrogen and oxygen atoms in total. The SMILES string of the molecule is COc1cc(C(=O)NS(=O)(=O)CCCN)ccc1NCc1ccc(C2(C(C)(C)C)OCC(C)(C)CO2)cc1. The smallest absolute Gasteiger partial charge is 0.264 e. The molecule has 0 unspecified atom stereocenters. The summed E-state index contributed by atoms with van der Waals surface area (Å²) in [4.78, 5) is 12.5. The second-order valence-electron chi connectivity index (χ2n) is 11.5. The lowest BCUT2D eigenvalue weighted by Crippen LogP contribution is -2.52. The summed E-state index contributed by atoms with van der Waals surface area (Å²) in [6, 6.07) is 12.9. The number of nitrogens with two attached hydrogens (primary N) is 1. The standard InChI is InChI=1S/C28H41N3O6S/c1-26(2,3)28(36-18-27(4,5)19-37-28)22-11-8-20(9-12-22)17-30-23-13-10-21(16-24(23)35-6)25(32)31-38(33,34)15-7-14-29/h8-13,16,30H,7,14-15,17-19,29H2,1-6H3,(H,31,32). The molecule has 1 aliphatic rings. The third-order valence-electron chi connectivity index (χ3n) is 6.47. The third kappa shape index (κ3) is 7.05. The van der Waals surface area contributed by atoms with Gasteiger partial charge in [0.1, 0.15) is 5.75 Å². The van der Waals surface area contributed by atoms with E-state index in [2.05, 4.69) is 44.7 Å². The van der Waals surface area contributed by atoms with Gasteiger partial charge in [0.2, 0.25) is 10.0 Å². The summed E-state index contributed by atoms with van der Waals surface area (Å²) < 4.78 is 44.3. The first-order valence-electron chi connectivity index (χ1n) is 12.8. The first kappa shape index (κ1) is 29.9. The summed E-state index contributed by atoms with van der Waals surface area (Å²) in [6.45, 7) is 12.6. The minimum atomic E-state index is -3.75. The maximum absolute atomic E-state index is 12.5. The van der Waals surface area contributed by atoms with E-state index >= 15 is 0 Å². The molecule has 1 amide bonds. The van der Waals surface area contributed by atoms with Crippen molar-refractivity contribution in [3.63, 3.8) is 0 Å². The van der Waals surface area contributed by atoms with E-state index in [9.17, 15) is 13.2 Å². The van der Waals surface area contributed by atoms with Crippen molar-refractivity contribution in [1.82, 2.24) is 4.72 Å². The quantitative estimate of drug-likeness (QED) is 0.407. The third-order valence-corrected chi connectivity index (χ3v) is 7.79. The Hall–Kier alpha value is -2.66. The minimum absolute atomic E-state index is 0.0351. The molecule has 2 aromatic rings. The van der Waals surface area contributed by atoms with Crippen molar-refractivity contribution in [2.45, 2.75) is 53.4 Å². The van der Waals surface area contributed by atoms with E-state index in [1.165, 1.54) is 13.2 Å². The molecule has 0 spiro atoms. The monoisotopic (exact) mass is 547 g/mol. The van der Waals surface area contributed by atoms with Crippen LogP contribution in [0.1, 0.15) is 62.5 Å². The molecule has 0 saturated carbocycles. The molecule has 4 N–H and O–H groups in total. The van der Waals surface area contributed by atoms with E-state index in [1.54, 1.807) is 12.1 Å². The van der Waals surface area contributed by atoms with Crippen LogP contribution < -0.4 is 20.5 Å². The Morgan fingerprint density at radius 1 is 1.08 bits per heavy atom. The molecule has 1 saturated heterocycles. The minimum Gasteiger partial charge on any atom is -0.495 e. The number of anilines is 1. The largest absolute Gasteiger partial charge is 0.495 e. The molecule has 10 heteroatoms. The van der Waals surface area contributed by atoms with Crippen molar-refractivity contribution >= 4 is 21.6 Å². The van der Waals surface area contributed by atoms with Crippen molar-refractivity contribution in [3.05, 3.63) is 59.2 Å². The maximum atomic E-state index is 12.5. The predicted octanol–water partition coefficient (Wildman–Crippen LogP) is 3.99. The lowest BCUT2D eigenvalue weighted by atomic mass is 9.79. The van der Waals surface area contributed by atoms with Crippen LogP contribution in [0, 0.1) is 10.8 Å². The Morgan fingerprint density at radius 2 is 1.71 bits per heavy atom. The fourth-order valence-electron chi connectivity index (χ4n) is 4.25. The van der Waals surface area contributed by atoms with Gasteiger partial charge in [-0.3, -0.25) is 4.79 Å². The van der Waals surface area contributed by atoms with Crippen LogP contribution in [0.15, 0.2) is 42.5 Å². The van der Waals surface area contributed by atoms with Crippen LogP contribution >= 0.6 is 0 Å². The number of hydrogen-bond acceptors (Lipinski definition) is 8. The lowest BCUT2D eigenvalue weighted by molar-refractivity contribution is -0.350. The van der Waals surface area contributed by atoms with Crippen molar-refractivity contribution in [2.24, 2.45) is 16.6 Å². The van der Waals surface area contributed by atoms with Gasteiger partial charge in [0, 0.05) is 28.5 Å². The molecular formula is C28H41N3O6S. The zero-order valence-corrected chi connectivity index (χ0v) is 24.0. The summed E-state index contributed by atoms with van der Waals surface area (Å²) in [5.74, 6) is -1.33. The molecule has 2 aromatic carbocycles. The van der Waals surface area contributed by atoms with Crippen LogP contribution in [0.5, 0.6) is 5.75 Å². The van der Waals surface area contributed by atoms with E-state index in [-0.39, 0.29) is 35.1 Å². The van der Waals surface area contributed by atoms with E-state index < -0.39 is 21.7 Å². The zero-order valence-electron chi connectivity index (χ0n) is 23.2. The Kier molecular flexibility index (Phi) is 9.13. The number of amides is 1. The highest BCUT2D eigenvalue weighted by molar-refractivity contribution is 7.90. The Morgan fingerprint density at radius 3 is 2.26 bits per heavy atom. The number of nitrogens with one attached hydrogen (secondary N) is 2. The van der Waals surface area contributed by atoms with Gasteiger partial charge in [0.05, 0.1) is 31.8 Å². The fraction of sp³-hybridized carbons (Fsp3) is 0.536. The molecule has 0 atom stereocenters. The fourth-order valence-corrected chi connectivity index (χ4v) is 5.30. The number of sulfonamides is 1. The van der Waals surface area contributed by atoms with Crippen LogP contribution in [0.4, 0.5) is 5.69 Å². The van der Waals surface area contributed by atoms with Gasteiger partial charge in [-0.1, -0.05) is 58.9 Å². The molecular weight excluding hydrogens is 506 g/mol. The summed E-state index contributed by atoms with van der Waals surface area (Å²) >= 11 is 0. The molecule has 38 heavy (non-hydrogen) atoms. The number of hydrogen-bond donors (Lipinski definition) is 3. The molecule has 0 aromatic heterocycles. The molecule has 210 valence electrons. The van der Waals surface area contributed by atoms with Gasteiger partial charge in [0.15, 0.2) is 5.79 Å². The second kappa shape index (κ2) is 11.6. The van der Waals surface area contributed by atoms with Crippen molar-refractivity contribution in [1.29, 1.82) is 0 Å². The van der Waals surface area contributed by atoms with Gasteiger partial charge < -0.3 is 25.3 Å². The molecule has 0 bridgehead atoms. The van der Waals surface area contributed by atoms with Crippen LogP contribution in [0.3, 0.4) is 0 Å². The van der Waals surface area contributed by atoms with E-state index in [1.807, 2.05) is 24.3 Å². The number of rotatable bonds is 10. The summed E-state index contributed by atoms with van der Waals surface area (Å²) in [5, 5.41) is 3.32. The second-order valence-corrected chi connectivity index (χ2v) is 13.3. The Labute approximate surface area is 226 Å². The first-order valence-corrected chi connectivity index (χ1v) is 14.4. The highest BCUT2D eigenvalue weighted by Crippen LogP contribution is 2.48. The summed E-state index contributed by atoms with van der Waals surface area (Å²) in [6.07, 6.45) is 0.269. The highest BCUT2D eigenvalue weighted by atomic mass is 32.2. The highest BCUT2D eigenvalue weighted by Gasteiger charge is 2.50. The summed E-state index contributed by atoms with van der Waals surface area (Å²) in [5.41, 5.74) is 7.91. The predicted molar refractivity (Wildman–Crippen MR) is 149 cm³/mol. The van der Waals surface area contributed by atoms with Gasteiger partial charge in [-0.05, 0) is 36.7 Å². The topological polar surface area (TPSA) is 129 Å². The molecule has 1 aliphatic heterocycles. The average molecular weight is 548 g/mol. The van der Waals surface area contributed by atoms with Crippen molar-refractivity contribution in [2.75, 3.05) is 37.9 Å². The van der Waals surface area contributed by atoms with Crippen LogP contribution in [0.2, 0.25) is 0 Å². The van der Waals surface area contributed by atoms with Gasteiger partial charge in [-0.2, -0.15) is 0 Å². The molecule has 1 fully saturated rings. The zero-order chi connectivity index (χ0) is 28.2. The number of benzene rings is 2. The van der Waals surface area contributed by atoms with Crippen molar-refractivity contribution in [3.8, 4) is 5.75 Å². The number of methoxy groups -OCH3 is 1. The molecule has 0 radical (unpaired) electrons. The number of ether oxygens (including phenoxy) is 3. The Bertz CT molecular complexity index is 1210. The van der Waals surface area contributed by atoms with E-state index in [4.69, 9.17) is 19.9 Å². The Balaban J connectivity index is 1.70. The van der Waals surface area contributed by atoms with Crippen LogP contribution in [-0.2, 0) is 31.8 Å². The van der Waals surface area contributed by atoms with Gasteiger partial charge in [-0.25, -0.2) is 13.1 Å². The number of carbonyl (C=O) groups is 1. The molecule has 1 heterocycles. The van der Waals surface area contributed by atoms with Crippen LogP contribution in [-0.4, -0.2) is 46.9 Å². The maximum Gasteiger partial charge on any atom is 0.264 e. The first-order chi connectivity index (χ1) is 17.7. The van der Waals surface area contributed by atoms with Crippen LogP contribution in [0.25, 0.3) is 0 Å². The van der Waals surface area contributed by atoms with E-state index in [0.717, 1.165) is 11.1 Å². The molecule has 0 aliphatic carbocycles. The van der Waals surface area contributed by atoms with Gasteiger partial charge >= 0.3 is 0 Å². The molecule has 3 rings (SSSR count). The van der Waals surface area contributed by atoms with Gasteiger partial charge in [0.25, 0.3) is 5.91 Å². The lowest BCUT2D eigenvalue weighted by Gasteiger charge is -2.50. The van der Waals surface area contributed by atoms with Crippen molar-refractivity contribution < 1.29 is 27.4 Å². The van der Waals surface area contributed by atoms with E-state index in [0.29, 0.717) is 31.2 Å². The van der Waals surface area contributed by atoms with Gasteiger partial charge in [-0.15, -0.1) is 0 Å². The summed E-state index contributed by atoms with van der Waals surface area (Å²) in [7, 11) is -2.26. The average Bonchev–Trinajstić information content (AvgIpc) is 2.85.